The van der Waals surface area contributed by atoms with Crippen molar-refractivity contribution < 1.29 is 18.9 Å². The Morgan fingerprint density at radius 3 is 0.434 bits per heavy atom. The van der Waals surface area contributed by atoms with Crippen molar-refractivity contribution in [3.8, 4) is 23.0 Å². The van der Waals surface area contributed by atoms with E-state index in [4.69, 9.17) is 18.9 Å². The van der Waals surface area contributed by atoms with Crippen molar-refractivity contribution in [2.45, 2.75) is 569 Å². The van der Waals surface area contributed by atoms with Crippen molar-refractivity contribution in [2.24, 2.45) is 23.7 Å². The van der Waals surface area contributed by atoms with Gasteiger partial charge in [0.05, 0.1) is 37.6 Å². The average Bonchev–Trinajstić information content (AvgIpc) is 0.840. The Hall–Kier alpha value is -3.66. The van der Waals surface area contributed by atoms with E-state index in [1.165, 1.54) is 525 Å². The highest BCUT2D eigenvalue weighted by molar-refractivity contribution is 5.78. The third-order valence-corrected chi connectivity index (χ3v) is 27.5. The largest absolute Gasteiger partial charge is 0.493 e. The molecule has 3 aromatic rings. The third kappa shape index (κ3) is 66.7. The molecular weight excluding hydrogens is 1480 g/mol. The molecular formula is C118H210O4. The Kier molecular flexibility index (Phi) is 81.2. The molecule has 3 aromatic carbocycles. The Labute approximate surface area is 763 Å². The van der Waals surface area contributed by atoms with Crippen LogP contribution in [0.15, 0.2) is 60.7 Å². The normalized spacial score (nSPS) is 12.9. The highest BCUT2D eigenvalue weighted by atomic mass is 16.5. The summed E-state index contributed by atoms with van der Waals surface area (Å²) in [5.74, 6) is 6.16. The number of ether oxygens (including phenoxy) is 4. The van der Waals surface area contributed by atoms with E-state index in [2.05, 4.69) is 140 Å². The molecule has 0 amide bonds. The van der Waals surface area contributed by atoms with Gasteiger partial charge in [-0.05, 0) is 123 Å². The summed E-state index contributed by atoms with van der Waals surface area (Å²) in [5.41, 5.74) is 4.57. The van der Waals surface area contributed by atoms with Crippen LogP contribution in [0.3, 0.4) is 0 Å². The van der Waals surface area contributed by atoms with Gasteiger partial charge in [-0.15, -0.1) is 0 Å². The molecule has 0 N–H and O–H groups in total. The molecule has 3 rings (SSSR count). The highest BCUT2D eigenvalue weighted by Gasteiger charge is 2.20. The fraction of sp³-hybridized carbons (Fsp3) is 0.814. The van der Waals surface area contributed by atoms with Gasteiger partial charge in [-0.1, -0.05) is 566 Å². The quantitative estimate of drug-likeness (QED) is 0.0417. The Balaban J connectivity index is 2.09. The first-order valence-electron chi connectivity index (χ1n) is 55.7. The minimum atomic E-state index is 0.561. The van der Waals surface area contributed by atoms with Crippen LogP contribution in [0.2, 0.25) is 0 Å². The average molecular weight is 1690 g/mol. The summed E-state index contributed by atoms with van der Waals surface area (Å²) >= 11 is 0. The lowest BCUT2D eigenvalue weighted by Gasteiger charge is -2.22. The van der Waals surface area contributed by atoms with Crippen LogP contribution in [0.25, 0.3) is 24.3 Å². The summed E-state index contributed by atoms with van der Waals surface area (Å²) in [4.78, 5) is 0. The summed E-state index contributed by atoms with van der Waals surface area (Å²) in [7, 11) is 0. The maximum atomic E-state index is 7.25. The molecule has 0 aliphatic carbocycles. The molecule has 0 aromatic heterocycles. The Morgan fingerprint density at radius 2 is 0.295 bits per heavy atom. The molecule has 0 saturated carbocycles. The topological polar surface area (TPSA) is 36.9 Å². The molecule has 4 nitrogen and oxygen atoms in total. The van der Waals surface area contributed by atoms with Gasteiger partial charge >= 0.3 is 0 Å². The van der Waals surface area contributed by atoms with Crippen molar-refractivity contribution in [3.63, 3.8) is 0 Å². The van der Waals surface area contributed by atoms with Gasteiger partial charge in [0.1, 0.15) is 23.0 Å². The Morgan fingerprint density at radius 1 is 0.164 bits per heavy atom. The van der Waals surface area contributed by atoms with Gasteiger partial charge in [0.25, 0.3) is 0 Å². The second-order valence-corrected chi connectivity index (χ2v) is 39.3. The molecule has 0 aliphatic heterocycles. The van der Waals surface area contributed by atoms with E-state index in [0.29, 0.717) is 23.7 Å². The minimum Gasteiger partial charge on any atom is -0.493 e. The SMILES string of the molecule is CCCCCCCCCCCCC(CCCCCCCCCC)COc1cccc(OCC(CCCCCCCCCC)CCCCCCCCCCCC)c1/C=C/c1ccc(/C=C/c2c(OCC(CCCCCCCCCC)CCCCCCCCCCCC)cccc2OCC(CCCCCCCCCC)CCCCCCCCCCCC)cc1. The summed E-state index contributed by atoms with van der Waals surface area (Å²) < 4.78 is 29.0. The maximum Gasteiger partial charge on any atom is 0.130 e. The van der Waals surface area contributed by atoms with Gasteiger partial charge in [0.15, 0.2) is 0 Å². The van der Waals surface area contributed by atoms with Crippen LogP contribution in [0.1, 0.15) is 591 Å². The third-order valence-electron chi connectivity index (χ3n) is 27.5. The molecule has 0 aliphatic rings. The standard InChI is InChI=1S/C118H210O4/c1-9-17-25-33-41-49-53-61-69-77-87-109(83-73-65-57-45-37-29-21-13-5)103-119-115-91-81-92-116(120-104-110(84-74-66-58-46-38-30-22-14-6)88-78-70-62-54-50-42-34-26-18-10-2)113(115)101-99-107-95-97-108(98-96-107)100-102-114-117(121-105-111(85-75-67-59-47-39-31-23-15-7)89-79-71-63-55-51-43-35-27-19-11-3)93-82-94-118(114)122-106-112(86-76-68-60-48-40-32-24-16-8)90-80-72-64-56-52-44-36-28-20-12-4/h81-82,91-102,109-112H,9-80,83-90,103-106H2,1-8H3/b101-99+,102-100+. The van der Waals surface area contributed by atoms with Gasteiger partial charge in [-0.3, -0.25) is 0 Å². The highest BCUT2D eigenvalue weighted by Crippen LogP contribution is 2.37. The fourth-order valence-corrected chi connectivity index (χ4v) is 19.0. The first kappa shape index (κ1) is 113. The van der Waals surface area contributed by atoms with Gasteiger partial charge in [-0.25, -0.2) is 0 Å². The van der Waals surface area contributed by atoms with Crippen molar-refractivity contribution in [1.82, 2.24) is 0 Å². The van der Waals surface area contributed by atoms with Crippen LogP contribution >= 0.6 is 0 Å². The monoisotopic (exact) mass is 1690 g/mol. The molecule has 706 valence electrons. The number of rotatable bonds is 96. The molecule has 0 bridgehead atoms. The molecule has 0 spiro atoms. The second kappa shape index (κ2) is 88.0. The Bertz CT molecular complexity index is 2350. The first-order chi connectivity index (χ1) is 60.4. The number of hydrogen-bond donors (Lipinski definition) is 0. The van der Waals surface area contributed by atoms with Crippen LogP contribution in [-0.2, 0) is 0 Å². The van der Waals surface area contributed by atoms with Crippen LogP contribution in [-0.4, -0.2) is 26.4 Å². The molecule has 4 unspecified atom stereocenters. The molecule has 0 radical (unpaired) electrons. The zero-order valence-electron chi connectivity index (χ0n) is 83.4. The number of hydrogen-bond acceptors (Lipinski definition) is 4. The van der Waals surface area contributed by atoms with Crippen LogP contribution < -0.4 is 18.9 Å². The summed E-state index contributed by atoms with van der Waals surface area (Å²) in [6.45, 7) is 21.8. The number of benzene rings is 3. The minimum absolute atomic E-state index is 0.561. The van der Waals surface area contributed by atoms with Crippen LogP contribution in [0.5, 0.6) is 23.0 Å². The van der Waals surface area contributed by atoms with E-state index < -0.39 is 0 Å². The van der Waals surface area contributed by atoms with Crippen molar-refractivity contribution >= 4 is 24.3 Å². The molecule has 4 heteroatoms. The molecule has 0 heterocycles. The molecule has 0 saturated heterocycles. The van der Waals surface area contributed by atoms with Crippen LogP contribution in [0.4, 0.5) is 0 Å². The lowest BCUT2D eigenvalue weighted by atomic mass is 9.94. The first-order valence-corrected chi connectivity index (χ1v) is 55.7. The van der Waals surface area contributed by atoms with E-state index in [1.54, 1.807) is 0 Å². The van der Waals surface area contributed by atoms with E-state index in [9.17, 15) is 0 Å². The lowest BCUT2D eigenvalue weighted by molar-refractivity contribution is 0.213. The van der Waals surface area contributed by atoms with Crippen molar-refractivity contribution in [2.75, 3.05) is 26.4 Å². The zero-order valence-corrected chi connectivity index (χ0v) is 83.4. The summed E-state index contributed by atoms with van der Waals surface area (Å²) in [6.07, 6.45) is 118. The van der Waals surface area contributed by atoms with Gasteiger partial charge < -0.3 is 18.9 Å². The summed E-state index contributed by atoms with van der Waals surface area (Å²) in [5, 5.41) is 0. The maximum absolute atomic E-state index is 7.25. The second-order valence-electron chi connectivity index (χ2n) is 39.3. The number of unbranched alkanes of at least 4 members (excludes halogenated alkanes) is 64. The van der Waals surface area contributed by atoms with Gasteiger partial charge in [-0.2, -0.15) is 0 Å². The fourth-order valence-electron chi connectivity index (χ4n) is 19.0. The van der Waals surface area contributed by atoms with Gasteiger partial charge in [0, 0.05) is 0 Å². The predicted octanol–water partition coefficient (Wildman–Crippen LogP) is 41.4. The molecule has 122 heavy (non-hydrogen) atoms. The molecule has 0 fully saturated rings. The lowest BCUT2D eigenvalue weighted by Crippen LogP contribution is -2.15. The van der Waals surface area contributed by atoms with Crippen molar-refractivity contribution in [3.05, 3.63) is 82.9 Å². The van der Waals surface area contributed by atoms with Gasteiger partial charge in [0.2, 0.25) is 0 Å². The summed E-state index contributed by atoms with van der Waals surface area (Å²) in [6, 6.07) is 22.8. The van der Waals surface area contributed by atoms with Crippen LogP contribution in [0, 0.1) is 23.7 Å². The van der Waals surface area contributed by atoms with Crippen molar-refractivity contribution in [1.29, 1.82) is 0 Å². The zero-order chi connectivity index (χ0) is 87.1. The van der Waals surface area contributed by atoms with E-state index in [-0.39, 0.29) is 0 Å². The van der Waals surface area contributed by atoms with E-state index in [0.717, 1.165) is 60.6 Å². The smallest absolute Gasteiger partial charge is 0.130 e. The van der Waals surface area contributed by atoms with E-state index in [1.807, 2.05) is 0 Å². The van der Waals surface area contributed by atoms with E-state index >= 15 is 0 Å². The predicted molar refractivity (Wildman–Crippen MR) is 548 cm³/mol. The molecule has 4 atom stereocenters.